The Balaban J connectivity index is 0.00000450. The summed E-state index contributed by atoms with van der Waals surface area (Å²) in [6.45, 7) is 2.92. The first-order chi connectivity index (χ1) is 13.8. The molecule has 2 N–H and O–H groups in total. The number of ether oxygens (including phenoxy) is 2. The van der Waals surface area contributed by atoms with Crippen LogP contribution in [0.1, 0.15) is 18.9 Å². The van der Waals surface area contributed by atoms with Crippen LogP contribution in [0.3, 0.4) is 0 Å². The van der Waals surface area contributed by atoms with E-state index in [2.05, 4.69) is 21.5 Å². The van der Waals surface area contributed by atoms with Crippen molar-refractivity contribution in [2.24, 2.45) is 4.99 Å². The van der Waals surface area contributed by atoms with Crippen LogP contribution in [-0.4, -0.2) is 63.0 Å². The maximum atomic E-state index is 12.6. The second-order valence-electron chi connectivity index (χ2n) is 6.65. The van der Waals surface area contributed by atoms with Crippen molar-refractivity contribution in [3.05, 3.63) is 23.8 Å². The van der Waals surface area contributed by atoms with Crippen LogP contribution in [0.2, 0.25) is 0 Å². The Morgan fingerprint density at radius 1 is 1.37 bits per heavy atom. The first-order valence-electron chi connectivity index (χ1n) is 9.41. The van der Waals surface area contributed by atoms with E-state index in [1.807, 2.05) is 19.1 Å². The van der Waals surface area contributed by atoms with Crippen LogP contribution < -0.4 is 20.1 Å². The Bertz CT molecular complexity index is 738. The van der Waals surface area contributed by atoms with Crippen LogP contribution in [0.25, 0.3) is 0 Å². The number of likely N-dealkylation sites (tertiary alicyclic amines) is 1. The standard InChI is InChI=1S/C20H27F3N4O2.HI/c1-4-10-29-18-11-15(6-7-17(18)28-3)12-25-19(24-5-2)26-16-8-9-27(13-16)14-20(21,22)23;/h1,6-7,11,16H,5,8-10,12-14H2,2-3H3,(H2,24,25,26);1H. The number of hydrogen-bond acceptors (Lipinski definition) is 4. The molecule has 1 aromatic rings. The van der Waals surface area contributed by atoms with E-state index in [4.69, 9.17) is 15.9 Å². The van der Waals surface area contributed by atoms with Crippen molar-refractivity contribution in [1.82, 2.24) is 15.5 Å². The van der Waals surface area contributed by atoms with Crippen molar-refractivity contribution < 1.29 is 22.6 Å². The van der Waals surface area contributed by atoms with E-state index in [9.17, 15) is 13.2 Å². The number of aliphatic imine (C=N–C) groups is 1. The summed E-state index contributed by atoms with van der Waals surface area (Å²) in [5, 5.41) is 6.35. The smallest absolute Gasteiger partial charge is 0.401 e. The Hall–Kier alpha value is -1.87. The van der Waals surface area contributed by atoms with Crippen LogP contribution in [-0.2, 0) is 6.54 Å². The van der Waals surface area contributed by atoms with Gasteiger partial charge in [-0.05, 0) is 31.0 Å². The molecule has 1 heterocycles. The molecular formula is C20H28F3IN4O2. The van der Waals surface area contributed by atoms with E-state index in [0.717, 1.165) is 5.56 Å². The first kappa shape index (κ1) is 26.2. The summed E-state index contributed by atoms with van der Waals surface area (Å²) in [4.78, 5) is 5.94. The van der Waals surface area contributed by atoms with Crippen molar-refractivity contribution in [3.8, 4) is 23.8 Å². The largest absolute Gasteiger partial charge is 0.493 e. The number of halogens is 4. The normalized spacial score (nSPS) is 17.1. The molecule has 0 radical (unpaired) electrons. The molecule has 0 amide bonds. The number of hydrogen-bond donors (Lipinski definition) is 2. The predicted molar refractivity (Wildman–Crippen MR) is 122 cm³/mol. The van der Waals surface area contributed by atoms with Gasteiger partial charge in [0.2, 0.25) is 0 Å². The molecule has 1 aliphatic rings. The average molecular weight is 540 g/mol. The maximum absolute atomic E-state index is 12.6. The van der Waals surface area contributed by atoms with Crippen LogP contribution in [0.4, 0.5) is 13.2 Å². The second-order valence-corrected chi connectivity index (χ2v) is 6.65. The number of guanidine groups is 1. The lowest BCUT2D eigenvalue weighted by molar-refractivity contribution is -0.143. The lowest BCUT2D eigenvalue weighted by Gasteiger charge is -2.19. The maximum Gasteiger partial charge on any atom is 0.401 e. The van der Waals surface area contributed by atoms with E-state index in [0.29, 0.717) is 50.1 Å². The van der Waals surface area contributed by atoms with Crippen LogP contribution >= 0.6 is 24.0 Å². The third-order valence-corrected chi connectivity index (χ3v) is 4.32. The van der Waals surface area contributed by atoms with Crippen LogP contribution in [0.5, 0.6) is 11.5 Å². The van der Waals surface area contributed by atoms with Gasteiger partial charge in [-0.25, -0.2) is 4.99 Å². The Morgan fingerprint density at radius 2 is 2.13 bits per heavy atom. The van der Waals surface area contributed by atoms with Gasteiger partial charge in [0.05, 0.1) is 20.2 Å². The molecule has 0 aliphatic carbocycles. The van der Waals surface area contributed by atoms with E-state index in [1.54, 1.807) is 13.2 Å². The molecule has 6 nitrogen and oxygen atoms in total. The Labute approximate surface area is 192 Å². The fraction of sp³-hybridized carbons (Fsp3) is 0.550. The fourth-order valence-electron chi connectivity index (χ4n) is 3.08. The number of benzene rings is 1. The minimum Gasteiger partial charge on any atom is -0.493 e. The fourth-order valence-corrected chi connectivity index (χ4v) is 3.08. The highest BCUT2D eigenvalue weighted by Crippen LogP contribution is 2.28. The summed E-state index contributed by atoms with van der Waals surface area (Å²) in [5.74, 6) is 4.09. The zero-order valence-corrected chi connectivity index (χ0v) is 19.4. The number of alkyl halides is 3. The minimum absolute atomic E-state index is 0. The third-order valence-electron chi connectivity index (χ3n) is 4.32. The highest BCUT2D eigenvalue weighted by molar-refractivity contribution is 14.0. The molecule has 0 bridgehead atoms. The number of rotatable bonds is 8. The minimum atomic E-state index is -4.18. The Kier molecular flexibility index (Phi) is 11.1. The van der Waals surface area contributed by atoms with Crippen molar-refractivity contribution >= 4 is 29.9 Å². The molecule has 168 valence electrons. The number of methoxy groups -OCH3 is 1. The number of nitrogens with zero attached hydrogens (tertiary/aromatic N) is 2. The van der Waals surface area contributed by atoms with Gasteiger partial charge in [-0.1, -0.05) is 12.0 Å². The van der Waals surface area contributed by atoms with Gasteiger partial charge in [0, 0.05) is 25.7 Å². The summed E-state index contributed by atoms with van der Waals surface area (Å²) in [6, 6.07) is 5.38. The van der Waals surface area contributed by atoms with E-state index >= 15 is 0 Å². The van der Waals surface area contributed by atoms with E-state index in [-0.39, 0.29) is 36.6 Å². The highest BCUT2D eigenvalue weighted by atomic mass is 127. The monoisotopic (exact) mass is 540 g/mol. The van der Waals surface area contributed by atoms with Gasteiger partial charge in [-0.15, -0.1) is 30.4 Å². The van der Waals surface area contributed by atoms with Gasteiger partial charge in [0.15, 0.2) is 17.5 Å². The summed E-state index contributed by atoms with van der Waals surface area (Å²) in [6.07, 6.45) is 1.69. The molecule has 1 fully saturated rings. The Morgan fingerprint density at radius 3 is 2.77 bits per heavy atom. The van der Waals surface area contributed by atoms with Crippen molar-refractivity contribution in [2.75, 3.05) is 39.9 Å². The van der Waals surface area contributed by atoms with E-state index < -0.39 is 12.7 Å². The highest BCUT2D eigenvalue weighted by Gasteiger charge is 2.34. The van der Waals surface area contributed by atoms with Crippen molar-refractivity contribution in [1.29, 1.82) is 0 Å². The number of nitrogens with one attached hydrogen (secondary N) is 2. The molecular weight excluding hydrogens is 512 g/mol. The second kappa shape index (κ2) is 12.7. The molecule has 0 saturated carbocycles. The molecule has 2 rings (SSSR count). The molecule has 10 heteroatoms. The zero-order chi connectivity index (χ0) is 21.3. The summed E-state index contributed by atoms with van der Waals surface area (Å²) < 4.78 is 48.4. The van der Waals surface area contributed by atoms with Crippen molar-refractivity contribution in [3.63, 3.8) is 0 Å². The van der Waals surface area contributed by atoms with Gasteiger partial charge in [-0.3, -0.25) is 4.90 Å². The zero-order valence-electron chi connectivity index (χ0n) is 17.1. The SMILES string of the molecule is C#CCOc1cc(CN=C(NCC)NC2CCN(CC(F)(F)F)C2)ccc1OC.I. The topological polar surface area (TPSA) is 58.1 Å². The molecule has 1 aliphatic heterocycles. The van der Waals surface area contributed by atoms with Crippen LogP contribution in [0, 0.1) is 12.3 Å². The molecule has 1 aromatic carbocycles. The number of terminal acetylenes is 1. The lowest BCUT2D eigenvalue weighted by Crippen LogP contribution is -2.45. The van der Waals surface area contributed by atoms with Gasteiger partial charge >= 0.3 is 6.18 Å². The van der Waals surface area contributed by atoms with Crippen LogP contribution in [0.15, 0.2) is 23.2 Å². The third kappa shape index (κ3) is 8.87. The van der Waals surface area contributed by atoms with Gasteiger partial charge in [-0.2, -0.15) is 13.2 Å². The quantitative estimate of drug-likeness (QED) is 0.230. The summed E-state index contributed by atoms with van der Waals surface area (Å²) >= 11 is 0. The lowest BCUT2D eigenvalue weighted by atomic mass is 10.2. The van der Waals surface area contributed by atoms with Gasteiger partial charge in [0.25, 0.3) is 0 Å². The molecule has 30 heavy (non-hydrogen) atoms. The predicted octanol–water partition coefficient (Wildman–Crippen LogP) is 3.02. The van der Waals surface area contributed by atoms with Gasteiger partial charge in [0.1, 0.15) is 6.61 Å². The molecule has 0 aromatic heterocycles. The molecule has 1 atom stereocenters. The molecule has 0 spiro atoms. The van der Waals surface area contributed by atoms with Crippen molar-refractivity contribution in [2.45, 2.75) is 32.1 Å². The summed E-state index contributed by atoms with van der Waals surface area (Å²) in [7, 11) is 1.55. The first-order valence-corrected chi connectivity index (χ1v) is 9.41. The summed E-state index contributed by atoms with van der Waals surface area (Å²) in [5.41, 5.74) is 0.889. The molecule has 1 saturated heterocycles. The van der Waals surface area contributed by atoms with E-state index in [1.165, 1.54) is 4.90 Å². The molecule has 1 unspecified atom stereocenters. The van der Waals surface area contributed by atoms with Gasteiger partial charge < -0.3 is 20.1 Å². The average Bonchev–Trinajstić information content (AvgIpc) is 3.09.